The lowest BCUT2D eigenvalue weighted by molar-refractivity contribution is -0.137. The van der Waals surface area contributed by atoms with E-state index in [1.165, 1.54) is 0 Å². The number of anilines is 1. The topological polar surface area (TPSA) is 60.2 Å². The van der Waals surface area contributed by atoms with Crippen molar-refractivity contribution in [2.45, 2.75) is 13.1 Å². The molecule has 0 unspecified atom stereocenters. The number of alkyl halides is 3. The van der Waals surface area contributed by atoms with Gasteiger partial charge in [0.15, 0.2) is 0 Å². The molecule has 0 amide bonds. The normalized spacial score (nSPS) is 11.2. The summed E-state index contributed by atoms with van der Waals surface area (Å²) in [6.45, 7) is 1.85. The van der Waals surface area contributed by atoms with Gasteiger partial charge in [-0.15, -0.1) is 0 Å². The number of nitrogen functional groups attached to an aromatic ring is 1. The number of benzene rings is 1. The van der Waals surface area contributed by atoms with Gasteiger partial charge in [-0.2, -0.15) is 18.2 Å². The third kappa shape index (κ3) is 3.39. The Kier molecular flexibility index (Phi) is 3.80. The second kappa shape index (κ2) is 5.38. The number of halogens is 3. The second-order valence-electron chi connectivity index (χ2n) is 4.14. The van der Waals surface area contributed by atoms with Gasteiger partial charge in [-0.25, -0.2) is 5.84 Å². The quantitative estimate of drug-likeness (QED) is 0.668. The van der Waals surface area contributed by atoms with E-state index in [-0.39, 0.29) is 11.7 Å². The molecule has 0 atom stereocenters. The highest BCUT2D eigenvalue weighted by Gasteiger charge is 2.32. The number of aryl methyl sites for hydroxylation is 1. The van der Waals surface area contributed by atoms with Crippen LogP contribution >= 0.6 is 0 Å². The van der Waals surface area contributed by atoms with Crippen LogP contribution in [0.3, 0.4) is 0 Å². The Hall–Kier alpha value is -2.28. The van der Waals surface area contributed by atoms with E-state index >= 15 is 0 Å². The number of hydrogen-bond donors (Lipinski definition) is 2. The average molecular weight is 283 g/mol. The Morgan fingerprint density at radius 1 is 1.20 bits per heavy atom. The maximum atomic E-state index is 12.7. The van der Waals surface area contributed by atoms with Crippen molar-refractivity contribution >= 4 is 5.82 Å². The summed E-state index contributed by atoms with van der Waals surface area (Å²) in [5.74, 6) is 5.21. The van der Waals surface area contributed by atoms with E-state index in [1.807, 2.05) is 13.0 Å². The van der Waals surface area contributed by atoms with E-state index < -0.39 is 11.7 Å². The highest BCUT2D eigenvalue weighted by molar-refractivity contribution is 5.43. The highest BCUT2D eigenvalue weighted by Crippen LogP contribution is 2.33. The van der Waals surface area contributed by atoms with Gasteiger partial charge in [-0.1, -0.05) is 12.1 Å². The number of rotatable bonds is 3. The minimum Gasteiger partial charge on any atom is -0.439 e. The molecule has 0 spiro atoms. The first kappa shape index (κ1) is 14.1. The summed E-state index contributed by atoms with van der Waals surface area (Å²) in [5, 5.41) is 0. The minimum atomic E-state index is -4.50. The number of pyridine rings is 1. The number of hydrazine groups is 1. The van der Waals surface area contributed by atoms with E-state index in [1.54, 1.807) is 18.2 Å². The van der Waals surface area contributed by atoms with Crippen LogP contribution in [-0.4, -0.2) is 4.98 Å². The van der Waals surface area contributed by atoms with Crippen LogP contribution in [0.5, 0.6) is 11.6 Å². The summed E-state index contributed by atoms with van der Waals surface area (Å²) in [6.07, 6.45) is -4.50. The average Bonchev–Trinajstić information content (AvgIpc) is 2.37. The standard InChI is InChI=1S/C13H12F3N3O/c1-8-3-2-4-10(5-8)20-12-7-9(13(14,15)16)6-11(18-12)19-17/h2-7H,17H2,1H3,(H,18,19). The van der Waals surface area contributed by atoms with Crippen LogP contribution in [0.4, 0.5) is 19.0 Å². The van der Waals surface area contributed by atoms with Gasteiger partial charge in [0.1, 0.15) is 11.6 Å². The molecular weight excluding hydrogens is 271 g/mol. The molecule has 4 nitrogen and oxygen atoms in total. The Balaban J connectivity index is 2.36. The molecule has 1 heterocycles. The third-order valence-electron chi connectivity index (χ3n) is 2.49. The number of aromatic nitrogens is 1. The molecule has 0 saturated carbocycles. The predicted molar refractivity (Wildman–Crippen MR) is 68.3 cm³/mol. The number of hydrogen-bond acceptors (Lipinski definition) is 4. The van der Waals surface area contributed by atoms with Crippen molar-refractivity contribution in [2.75, 3.05) is 5.43 Å². The molecule has 1 aromatic carbocycles. The largest absolute Gasteiger partial charge is 0.439 e. The fourth-order valence-electron chi connectivity index (χ4n) is 1.59. The van der Waals surface area contributed by atoms with Gasteiger partial charge in [0.05, 0.1) is 5.56 Å². The van der Waals surface area contributed by atoms with Crippen LogP contribution in [-0.2, 0) is 6.18 Å². The van der Waals surface area contributed by atoms with E-state index in [9.17, 15) is 13.2 Å². The predicted octanol–water partition coefficient (Wildman–Crippen LogP) is 3.49. The van der Waals surface area contributed by atoms with Crippen LogP contribution in [0.2, 0.25) is 0 Å². The summed E-state index contributed by atoms with van der Waals surface area (Å²) in [6, 6.07) is 8.54. The molecule has 0 aliphatic rings. The molecule has 106 valence electrons. The Labute approximate surface area is 113 Å². The fourth-order valence-corrected chi connectivity index (χ4v) is 1.59. The second-order valence-corrected chi connectivity index (χ2v) is 4.14. The van der Waals surface area contributed by atoms with Crippen molar-refractivity contribution in [3.63, 3.8) is 0 Å². The zero-order chi connectivity index (χ0) is 14.8. The molecule has 0 aliphatic heterocycles. The maximum absolute atomic E-state index is 12.7. The summed E-state index contributed by atoms with van der Waals surface area (Å²) in [5.41, 5.74) is 2.12. The fraction of sp³-hybridized carbons (Fsp3) is 0.154. The van der Waals surface area contributed by atoms with Crippen LogP contribution in [0.15, 0.2) is 36.4 Å². The monoisotopic (exact) mass is 283 g/mol. The minimum absolute atomic E-state index is 0.123. The summed E-state index contributed by atoms with van der Waals surface area (Å²) in [7, 11) is 0. The molecule has 0 fully saturated rings. The Morgan fingerprint density at radius 2 is 1.95 bits per heavy atom. The third-order valence-corrected chi connectivity index (χ3v) is 2.49. The van der Waals surface area contributed by atoms with Gasteiger partial charge < -0.3 is 10.2 Å². The van der Waals surface area contributed by atoms with Crippen LogP contribution in [0.1, 0.15) is 11.1 Å². The number of nitrogens with two attached hydrogens (primary N) is 1. The molecule has 0 bridgehead atoms. The lowest BCUT2D eigenvalue weighted by Gasteiger charge is -2.12. The first-order valence-corrected chi connectivity index (χ1v) is 5.69. The molecule has 0 radical (unpaired) electrons. The highest BCUT2D eigenvalue weighted by atomic mass is 19.4. The van der Waals surface area contributed by atoms with E-state index in [0.717, 1.165) is 17.7 Å². The van der Waals surface area contributed by atoms with Crippen molar-refractivity contribution in [3.05, 3.63) is 47.5 Å². The molecule has 1 aromatic heterocycles. The zero-order valence-electron chi connectivity index (χ0n) is 10.5. The zero-order valence-corrected chi connectivity index (χ0v) is 10.5. The van der Waals surface area contributed by atoms with Gasteiger partial charge in [0.2, 0.25) is 5.88 Å². The van der Waals surface area contributed by atoms with Gasteiger partial charge in [-0.3, -0.25) is 0 Å². The van der Waals surface area contributed by atoms with Crippen molar-refractivity contribution in [1.29, 1.82) is 0 Å². The van der Waals surface area contributed by atoms with Crippen LogP contribution < -0.4 is 16.0 Å². The molecule has 20 heavy (non-hydrogen) atoms. The van der Waals surface area contributed by atoms with E-state index in [4.69, 9.17) is 10.6 Å². The first-order chi connectivity index (χ1) is 9.38. The molecule has 2 aromatic rings. The molecule has 7 heteroatoms. The van der Waals surface area contributed by atoms with E-state index in [2.05, 4.69) is 10.4 Å². The van der Waals surface area contributed by atoms with Crippen LogP contribution in [0, 0.1) is 6.92 Å². The summed E-state index contributed by atoms with van der Waals surface area (Å²) in [4.78, 5) is 3.83. The van der Waals surface area contributed by atoms with Gasteiger partial charge >= 0.3 is 6.18 Å². The Bertz CT molecular complexity index is 614. The van der Waals surface area contributed by atoms with Gasteiger partial charge in [0, 0.05) is 6.07 Å². The van der Waals surface area contributed by atoms with Gasteiger partial charge in [-0.05, 0) is 30.7 Å². The molecule has 0 saturated heterocycles. The molecule has 3 N–H and O–H groups in total. The SMILES string of the molecule is Cc1cccc(Oc2cc(C(F)(F)F)cc(NN)n2)c1. The number of nitrogens with zero attached hydrogens (tertiary/aromatic N) is 1. The Morgan fingerprint density at radius 3 is 2.55 bits per heavy atom. The maximum Gasteiger partial charge on any atom is 0.416 e. The lowest BCUT2D eigenvalue weighted by Crippen LogP contribution is -2.12. The van der Waals surface area contributed by atoms with Crippen molar-refractivity contribution in [2.24, 2.45) is 5.84 Å². The van der Waals surface area contributed by atoms with Gasteiger partial charge in [0.25, 0.3) is 0 Å². The van der Waals surface area contributed by atoms with E-state index in [0.29, 0.717) is 5.75 Å². The molecular formula is C13H12F3N3O. The summed E-state index contributed by atoms with van der Waals surface area (Å²) >= 11 is 0. The van der Waals surface area contributed by atoms with Crippen molar-refractivity contribution in [1.82, 2.24) is 4.98 Å². The lowest BCUT2D eigenvalue weighted by atomic mass is 10.2. The first-order valence-electron chi connectivity index (χ1n) is 5.69. The molecule has 2 rings (SSSR count). The summed E-state index contributed by atoms with van der Waals surface area (Å²) < 4.78 is 43.5. The molecule has 0 aliphatic carbocycles. The van der Waals surface area contributed by atoms with Crippen LogP contribution in [0.25, 0.3) is 0 Å². The smallest absolute Gasteiger partial charge is 0.416 e. The van der Waals surface area contributed by atoms with Crippen molar-refractivity contribution in [3.8, 4) is 11.6 Å². The number of ether oxygens (including phenoxy) is 1. The van der Waals surface area contributed by atoms with Crippen molar-refractivity contribution < 1.29 is 17.9 Å². The number of nitrogens with one attached hydrogen (secondary N) is 1.